The predicted octanol–water partition coefficient (Wildman–Crippen LogP) is 1.00. The summed E-state index contributed by atoms with van der Waals surface area (Å²) in [6.07, 6.45) is 3.11. The summed E-state index contributed by atoms with van der Waals surface area (Å²) in [5.74, 6) is -0.298. The Morgan fingerprint density at radius 2 is 2.15 bits per heavy atom. The van der Waals surface area contributed by atoms with Crippen LogP contribution >= 0.6 is 0 Å². The van der Waals surface area contributed by atoms with E-state index in [1.807, 2.05) is 6.07 Å². The van der Waals surface area contributed by atoms with Gasteiger partial charge < -0.3 is 10.5 Å². The fourth-order valence-electron chi connectivity index (χ4n) is 3.71. The molecule has 1 saturated heterocycles. The number of nitrogens with two attached hydrogens (primary N) is 1. The van der Waals surface area contributed by atoms with Gasteiger partial charge in [-0.2, -0.15) is 9.19 Å². The van der Waals surface area contributed by atoms with Crippen LogP contribution in [0.4, 0.5) is 4.39 Å². The third kappa shape index (κ3) is 3.27. The number of ether oxygens (including phenoxy) is 1. The van der Waals surface area contributed by atoms with Crippen molar-refractivity contribution in [3.8, 4) is 0 Å². The summed E-state index contributed by atoms with van der Waals surface area (Å²) >= 11 is 0. The first-order valence-electron chi connectivity index (χ1n) is 8.46. The summed E-state index contributed by atoms with van der Waals surface area (Å²) < 4.78 is 43.6. The molecule has 0 amide bonds. The number of hydrogen-bond acceptors (Lipinski definition) is 6. The molecule has 7 nitrogen and oxygen atoms in total. The maximum atomic E-state index is 13.4. The molecule has 4 rings (SSSR count). The Hall–Kier alpha value is -1.81. The lowest BCUT2D eigenvalue weighted by atomic mass is 9.93. The molecule has 0 spiro atoms. The van der Waals surface area contributed by atoms with Gasteiger partial charge in [0.1, 0.15) is 5.82 Å². The van der Waals surface area contributed by atoms with E-state index in [4.69, 9.17) is 10.5 Å². The summed E-state index contributed by atoms with van der Waals surface area (Å²) in [4.78, 5) is 2.20. The van der Waals surface area contributed by atoms with Gasteiger partial charge in [0.2, 0.25) is 0 Å². The molecule has 2 aromatic rings. The molecule has 140 valence electrons. The Morgan fingerprint density at radius 3 is 2.81 bits per heavy atom. The van der Waals surface area contributed by atoms with Crippen LogP contribution in [0.2, 0.25) is 0 Å². The fraction of sp³-hybridized carbons (Fsp3) is 0.471. The van der Waals surface area contributed by atoms with Crippen molar-refractivity contribution >= 4 is 10.0 Å². The van der Waals surface area contributed by atoms with Gasteiger partial charge in [-0.25, -0.2) is 12.8 Å². The van der Waals surface area contributed by atoms with Crippen molar-refractivity contribution in [2.75, 3.05) is 12.9 Å². The van der Waals surface area contributed by atoms with E-state index in [0.29, 0.717) is 19.7 Å². The van der Waals surface area contributed by atoms with Crippen molar-refractivity contribution in [1.29, 1.82) is 0 Å². The minimum atomic E-state index is -3.36. The standard InChI is InChI=1S/C17H21FN4O3S/c1-26(23,24)22-8-12-7-21(9-16(12)20-22)14-6-15(19)17(25-10-14)11-3-2-4-13(18)5-11/h2-5,8,14-15,17H,6-7,9-10,19H2,1H3/t14-,15+,17-/m1/s1. The van der Waals surface area contributed by atoms with Crippen molar-refractivity contribution in [3.05, 3.63) is 53.1 Å². The van der Waals surface area contributed by atoms with Gasteiger partial charge in [0.15, 0.2) is 0 Å². The van der Waals surface area contributed by atoms with E-state index in [1.165, 1.54) is 12.1 Å². The van der Waals surface area contributed by atoms with Crippen LogP contribution in [-0.4, -0.2) is 47.4 Å². The van der Waals surface area contributed by atoms with Crippen molar-refractivity contribution in [2.24, 2.45) is 5.73 Å². The molecule has 9 heteroatoms. The lowest BCUT2D eigenvalue weighted by molar-refractivity contribution is -0.0519. The molecule has 0 saturated carbocycles. The van der Waals surface area contributed by atoms with Gasteiger partial charge in [0.05, 0.1) is 24.7 Å². The van der Waals surface area contributed by atoms with Gasteiger partial charge in [-0.15, -0.1) is 0 Å². The highest BCUT2D eigenvalue weighted by molar-refractivity contribution is 7.89. The summed E-state index contributed by atoms with van der Waals surface area (Å²) in [6, 6.07) is 6.23. The average Bonchev–Trinajstić information content (AvgIpc) is 3.13. The highest BCUT2D eigenvalue weighted by Crippen LogP contribution is 2.33. The molecule has 26 heavy (non-hydrogen) atoms. The van der Waals surface area contributed by atoms with Crippen molar-refractivity contribution in [3.63, 3.8) is 0 Å². The van der Waals surface area contributed by atoms with Crippen LogP contribution in [0, 0.1) is 5.82 Å². The van der Waals surface area contributed by atoms with E-state index in [2.05, 4.69) is 10.00 Å². The van der Waals surface area contributed by atoms with Crippen LogP contribution in [0.3, 0.4) is 0 Å². The number of nitrogens with zero attached hydrogens (tertiary/aromatic N) is 3. The van der Waals surface area contributed by atoms with Crippen LogP contribution in [0.5, 0.6) is 0 Å². The van der Waals surface area contributed by atoms with Gasteiger partial charge >= 0.3 is 0 Å². The number of rotatable bonds is 3. The summed E-state index contributed by atoms with van der Waals surface area (Å²) in [5.41, 5.74) is 8.75. The molecule has 3 heterocycles. The van der Waals surface area contributed by atoms with Gasteiger partial charge in [-0.05, 0) is 24.1 Å². The predicted molar refractivity (Wildman–Crippen MR) is 93.2 cm³/mol. The molecule has 0 aliphatic carbocycles. The monoisotopic (exact) mass is 380 g/mol. The van der Waals surface area contributed by atoms with Gasteiger partial charge in [0.25, 0.3) is 10.0 Å². The molecule has 1 fully saturated rings. The topological polar surface area (TPSA) is 90.5 Å². The highest BCUT2D eigenvalue weighted by atomic mass is 32.2. The third-order valence-corrected chi connectivity index (χ3v) is 5.88. The Bertz CT molecular complexity index is 906. The van der Waals surface area contributed by atoms with E-state index in [9.17, 15) is 12.8 Å². The van der Waals surface area contributed by atoms with Crippen LogP contribution < -0.4 is 5.73 Å². The van der Waals surface area contributed by atoms with E-state index in [1.54, 1.807) is 12.3 Å². The van der Waals surface area contributed by atoms with Gasteiger partial charge in [-0.1, -0.05) is 12.1 Å². The van der Waals surface area contributed by atoms with Crippen LogP contribution in [0.15, 0.2) is 30.5 Å². The smallest absolute Gasteiger partial charge is 0.250 e. The van der Waals surface area contributed by atoms with Crippen LogP contribution in [0.1, 0.15) is 29.3 Å². The first-order valence-corrected chi connectivity index (χ1v) is 10.3. The minimum Gasteiger partial charge on any atom is -0.370 e. The Balaban J connectivity index is 1.43. The fourth-order valence-corrected chi connectivity index (χ4v) is 4.27. The number of benzene rings is 1. The number of aromatic nitrogens is 2. The quantitative estimate of drug-likeness (QED) is 0.855. The molecule has 1 aromatic heterocycles. The van der Waals surface area contributed by atoms with Crippen molar-refractivity contribution < 1.29 is 17.5 Å². The molecule has 0 bridgehead atoms. The second kappa shape index (κ2) is 6.41. The normalized spacial score (nSPS) is 26.8. The summed E-state index contributed by atoms with van der Waals surface area (Å²) in [7, 11) is -3.36. The average molecular weight is 380 g/mol. The zero-order valence-electron chi connectivity index (χ0n) is 14.4. The zero-order valence-corrected chi connectivity index (χ0v) is 15.2. The molecule has 0 radical (unpaired) electrons. The van der Waals surface area contributed by atoms with E-state index in [-0.39, 0.29) is 24.0 Å². The zero-order chi connectivity index (χ0) is 18.5. The Morgan fingerprint density at radius 1 is 1.35 bits per heavy atom. The van der Waals surface area contributed by atoms with Gasteiger partial charge in [-0.3, -0.25) is 4.90 Å². The molecule has 3 atom stereocenters. The molecule has 2 N–H and O–H groups in total. The lowest BCUT2D eigenvalue weighted by Gasteiger charge is -2.38. The maximum absolute atomic E-state index is 13.4. The maximum Gasteiger partial charge on any atom is 0.250 e. The first-order chi connectivity index (χ1) is 12.3. The second-order valence-electron chi connectivity index (χ2n) is 7.00. The Kier molecular flexibility index (Phi) is 4.34. The number of hydrogen-bond donors (Lipinski definition) is 1. The second-order valence-corrected chi connectivity index (χ2v) is 8.84. The minimum absolute atomic E-state index is 0.121. The van der Waals surface area contributed by atoms with E-state index < -0.39 is 10.0 Å². The van der Waals surface area contributed by atoms with E-state index in [0.717, 1.165) is 33.6 Å². The lowest BCUT2D eigenvalue weighted by Crippen LogP contribution is -2.47. The SMILES string of the molecule is CS(=O)(=O)n1cc2c(n1)CN([C@H]1CO[C@H](c3cccc(F)c3)[C@@H](N)C1)C2. The molecule has 1 aromatic carbocycles. The number of fused-ring (bicyclic) bond motifs is 1. The highest BCUT2D eigenvalue weighted by Gasteiger charge is 2.36. The molecular formula is C17H21FN4O3S. The molecule has 2 aliphatic rings. The molecule has 0 unspecified atom stereocenters. The molecular weight excluding hydrogens is 359 g/mol. The first kappa shape index (κ1) is 17.6. The van der Waals surface area contributed by atoms with Gasteiger partial charge in [0, 0.05) is 36.9 Å². The van der Waals surface area contributed by atoms with Crippen LogP contribution in [-0.2, 0) is 27.8 Å². The Labute approximate surface area is 151 Å². The molecule has 2 aliphatic heterocycles. The summed E-state index contributed by atoms with van der Waals surface area (Å²) in [5, 5.41) is 4.17. The number of halogens is 1. The van der Waals surface area contributed by atoms with Crippen LogP contribution in [0.25, 0.3) is 0 Å². The third-order valence-electron chi connectivity index (χ3n) is 5.02. The van der Waals surface area contributed by atoms with Crippen molar-refractivity contribution in [1.82, 2.24) is 14.1 Å². The largest absolute Gasteiger partial charge is 0.370 e. The van der Waals surface area contributed by atoms with E-state index >= 15 is 0 Å². The summed E-state index contributed by atoms with van der Waals surface area (Å²) in [6.45, 7) is 1.69. The van der Waals surface area contributed by atoms with Crippen molar-refractivity contribution in [2.45, 2.75) is 37.7 Å².